The molecule has 4 aliphatic carbocycles. The number of aliphatic hydroxyl groups is 1. The van der Waals surface area contributed by atoms with E-state index < -0.39 is 11.5 Å². The average molecular weight is 493 g/mol. The number of carbonyl (C=O) groups is 2. The van der Waals surface area contributed by atoms with Crippen LogP contribution in [-0.2, 0) is 22.4 Å². The molecule has 1 spiro atoms. The SMILES string of the molecule is COc1cc2c(cc1O)CC#C[C@@]1(CC[C@@H](CC[C@H]3CC[C@H]4CC(=O)CC[C@H]4C3)C[C@H]1O)C(=O)CC2. The Labute approximate surface area is 215 Å². The van der Waals surface area contributed by atoms with E-state index >= 15 is 0 Å². The highest BCUT2D eigenvalue weighted by Gasteiger charge is 2.47. The highest BCUT2D eigenvalue weighted by molar-refractivity contribution is 5.89. The molecule has 0 heterocycles. The number of rotatable bonds is 4. The van der Waals surface area contributed by atoms with Crippen molar-refractivity contribution in [1.29, 1.82) is 0 Å². The van der Waals surface area contributed by atoms with Gasteiger partial charge in [0.05, 0.1) is 13.2 Å². The zero-order valence-electron chi connectivity index (χ0n) is 21.6. The molecule has 0 aliphatic heterocycles. The lowest BCUT2D eigenvalue weighted by atomic mass is 9.63. The molecule has 3 saturated carbocycles. The number of ketones is 2. The number of carbonyl (C=O) groups excluding carboxylic acids is 2. The Balaban J connectivity index is 1.19. The van der Waals surface area contributed by atoms with Crippen molar-refractivity contribution in [1.82, 2.24) is 0 Å². The molecule has 2 N–H and O–H groups in total. The van der Waals surface area contributed by atoms with E-state index in [1.54, 1.807) is 6.07 Å². The topological polar surface area (TPSA) is 83.8 Å². The summed E-state index contributed by atoms with van der Waals surface area (Å²) >= 11 is 0. The van der Waals surface area contributed by atoms with E-state index in [0.29, 0.717) is 55.5 Å². The Bertz CT molecular complexity index is 1060. The number of aliphatic hydroxyl groups excluding tert-OH is 1. The summed E-state index contributed by atoms with van der Waals surface area (Å²) in [6.07, 6.45) is 11.5. The molecule has 6 atom stereocenters. The van der Waals surface area contributed by atoms with Gasteiger partial charge >= 0.3 is 0 Å². The third-order valence-electron chi connectivity index (χ3n) is 9.80. The lowest BCUT2D eigenvalue weighted by Crippen LogP contribution is -2.46. The molecule has 5 heteroatoms. The van der Waals surface area contributed by atoms with Crippen molar-refractivity contribution in [3.05, 3.63) is 23.3 Å². The Morgan fingerprint density at radius 3 is 2.56 bits per heavy atom. The van der Waals surface area contributed by atoms with E-state index in [2.05, 4.69) is 11.8 Å². The Kier molecular flexibility index (Phi) is 7.45. The summed E-state index contributed by atoms with van der Waals surface area (Å²) in [4.78, 5) is 25.2. The molecule has 5 nitrogen and oxygen atoms in total. The van der Waals surface area contributed by atoms with Crippen LogP contribution in [0.5, 0.6) is 11.5 Å². The van der Waals surface area contributed by atoms with Crippen molar-refractivity contribution in [3.63, 3.8) is 0 Å². The van der Waals surface area contributed by atoms with Gasteiger partial charge in [0.15, 0.2) is 17.3 Å². The van der Waals surface area contributed by atoms with Gasteiger partial charge < -0.3 is 14.9 Å². The number of phenolic OH excluding ortho intramolecular Hbond substituents is 1. The van der Waals surface area contributed by atoms with Crippen LogP contribution in [0.2, 0.25) is 0 Å². The molecule has 3 fully saturated rings. The first kappa shape index (κ1) is 25.3. The van der Waals surface area contributed by atoms with E-state index in [1.807, 2.05) is 6.07 Å². The number of ether oxygens (including phenoxy) is 1. The molecule has 36 heavy (non-hydrogen) atoms. The van der Waals surface area contributed by atoms with Crippen molar-refractivity contribution >= 4 is 11.6 Å². The number of methoxy groups -OCH3 is 1. The fourth-order valence-electron chi connectivity index (χ4n) is 7.54. The summed E-state index contributed by atoms with van der Waals surface area (Å²) in [5.74, 6) is 9.98. The monoisotopic (exact) mass is 492 g/mol. The molecule has 194 valence electrons. The van der Waals surface area contributed by atoms with Gasteiger partial charge in [-0.2, -0.15) is 0 Å². The second-order valence-electron chi connectivity index (χ2n) is 11.9. The molecule has 0 amide bonds. The van der Waals surface area contributed by atoms with E-state index in [4.69, 9.17) is 4.74 Å². The van der Waals surface area contributed by atoms with Gasteiger partial charge in [-0.25, -0.2) is 0 Å². The number of fused-ring (bicyclic) bond motifs is 2. The normalized spacial score (nSPS) is 34.4. The largest absolute Gasteiger partial charge is 0.504 e. The fraction of sp³-hybridized carbons (Fsp3) is 0.677. The molecular weight excluding hydrogens is 452 g/mol. The maximum atomic E-state index is 13.4. The van der Waals surface area contributed by atoms with Gasteiger partial charge in [-0.1, -0.05) is 31.1 Å². The Hall–Kier alpha value is -2.32. The van der Waals surface area contributed by atoms with Crippen LogP contribution in [0.1, 0.15) is 88.2 Å². The first-order valence-electron chi connectivity index (χ1n) is 14.0. The summed E-state index contributed by atoms with van der Waals surface area (Å²) in [6.45, 7) is 0. The van der Waals surface area contributed by atoms with Gasteiger partial charge in [0.2, 0.25) is 0 Å². The van der Waals surface area contributed by atoms with Crippen LogP contribution in [-0.4, -0.2) is 35.0 Å². The smallest absolute Gasteiger partial charge is 0.160 e. The van der Waals surface area contributed by atoms with E-state index in [9.17, 15) is 19.8 Å². The number of Topliss-reactive ketones (excluding diaryl/α,β-unsaturated/α-hetero) is 2. The lowest BCUT2D eigenvalue weighted by Gasteiger charge is -2.41. The van der Waals surface area contributed by atoms with Gasteiger partial charge in [0, 0.05) is 25.7 Å². The quantitative estimate of drug-likeness (QED) is 0.566. The standard InChI is InChI=1S/C31H40O5/c1-36-28-19-25-9-11-29(34)31(13-2-3-22(25)18-27(28)33)14-12-21(16-30(31)35)5-4-20-6-7-24-17-26(32)10-8-23(24)15-20/h18-21,23-24,30,33,35H,3-12,14-17H2,1H3/t20-,21+,23-,24-,30+,31+/m0/s1. The number of hydrogen-bond donors (Lipinski definition) is 2. The average Bonchev–Trinajstić information content (AvgIpc) is 2.93. The molecular formula is C31H40O5. The number of aromatic hydroxyl groups is 1. The number of phenols is 1. The zero-order chi connectivity index (χ0) is 25.3. The number of benzene rings is 1. The molecule has 0 unspecified atom stereocenters. The molecule has 5 rings (SSSR count). The zero-order valence-corrected chi connectivity index (χ0v) is 21.6. The van der Waals surface area contributed by atoms with Crippen molar-refractivity contribution in [2.75, 3.05) is 7.11 Å². The third kappa shape index (κ3) is 5.07. The lowest BCUT2D eigenvalue weighted by molar-refractivity contribution is -0.134. The molecule has 4 aliphatic rings. The minimum absolute atomic E-state index is 0.0472. The molecule has 0 saturated heterocycles. The molecule has 0 aromatic heterocycles. The Morgan fingerprint density at radius 1 is 0.972 bits per heavy atom. The summed E-state index contributed by atoms with van der Waals surface area (Å²) < 4.78 is 5.25. The summed E-state index contributed by atoms with van der Waals surface area (Å²) in [5.41, 5.74) is 0.938. The highest BCUT2D eigenvalue weighted by atomic mass is 16.5. The van der Waals surface area contributed by atoms with Crippen LogP contribution in [0, 0.1) is 40.9 Å². The van der Waals surface area contributed by atoms with E-state index in [1.165, 1.54) is 32.8 Å². The van der Waals surface area contributed by atoms with Gasteiger partial charge in [-0.3, -0.25) is 9.59 Å². The van der Waals surface area contributed by atoms with Crippen LogP contribution in [0.15, 0.2) is 12.1 Å². The second-order valence-corrected chi connectivity index (χ2v) is 11.9. The first-order chi connectivity index (χ1) is 17.4. The number of aryl methyl sites for hydroxylation is 1. The second kappa shape index (κ2) is 10.6. The van der Waals surface area contributed by atoms with Gasteiger partial charge in [-0.05, 0) is 91.9 Å². The van der Waals surface area contributed by atoms with Gasteiger partial charge in [0.1, 0.15) is 11.2 Å². The predicted molar refractivity (Wildman–Crippen MR) is 138 cm³/mol. The number of hydrogen-bond acceptors (Lipinski definition) is 5. The van der Waals surface area contributed by atoms with Gasteiger partial charge in [0.25, 0.3) is 0 Å². The van der Waals surface area contributed by atoms with E-state index in [0.717, 1.165) is 55.1 Å². The molecule has 1 aromatic rings. The molecule has 0 radical (unpaired) electrons. The fourth-order valence-corrected chi connectivity index (χ4v) is 7.54. The third-order valence-corrected chi connectivity index (χ3v) is 9.80. The first-order valence-corrected chi connectivity index (χ1v) is 14.0. The minimum atomic E-state index is -0.961. The summed E-state index contributed by atoms with van der Waals surface area (Å²) in [5, 5.41) is 21.5. The summed E-state index contributed by atoms with van der Waals surface area (Å²) in [7, 11) is 1.52. The molecule has 0 bridgehead atoms. The predicted octanol–water partition coefficient (Wildman–Crippen LogP) is 5.18. The van der Waals surface area contributed by atoms with E-state index in [-0.39, 0.29) is 11.5 Å². The van der Waals surface area contributed by atoms with Crippen molar-refractivity contribution in [2.45, 2.75) is 96.0 Å². The minimum Gasteiger partial charge on any atom is -0.504 e. The van der Waals surface area contributed by atoms with Gasteiger partial charge in [-0.15, -0.1) is 0 Å². The maximum absolute atomic E-state index is 13.4. The summed E-state index contributed by atoms with van der Waals surface area (Å²) in [6, 6.07) is 3.50. The van der Waals surface area contributed by atoms with Crippen LogP contribution in [0.25, 0.3) is 0 Å². The maximum Gasteiger partial charge on any atom is 0.160 e. The van der Waals surface area contributed by atoms with Crippen molar-refractivity contribution in [3.8, 4) is 23.3 Å². The van der Waals surface area contributed by atoms with Crippen LogP contribution >= 0.6 is 0 Å². The Morgan fingerprint density at radius 2 is 1.78 bits per heavy atom. The van der Waals surface area contributed by atoms with Crippen LogP contribution in [0.3, 0.4) is 0 Å². The van der Waals surface area contributed by atoms with Crippen molar-refractivity contribution in [2.24, 2.45) is 29.1 Å². The molecule has 1 aromatic carbocycles. The van der Waals surface area contributed by atoms with Crippen molar-refractivity contribution < 1.29 is 24.5 Å². The highest BCUT2D eigenvalue weighted by Crippen LogP contribution is 2.46. The van der Waals surface area contributed by atoms with Crippen LogP contribution in [0.4, 0.5) is 0 Å². The van der Waals surface area contributed by atoms with Crippen LogP contribution < -0.4 is 4.74 Å².